The van der Waals surface area contributed by atoms with Crippen LogP contribution >= 0.6 is 0 Å². The van der Waals surface area contributed by atoms with Gasteiger partial charge in [0, 0.05) is 25.3 Å². The van der Waals surface area contributed by atoms with Crippen LogP contribution in [0.25, 0.3) is 11.2 Å². The largest absolute Gasteiger partial charge is 0.476 e. The van der Waals surface area contributed by atoms with E-state index in [1.54, 1.807) is 37.5 Å². The van der Waals surface area contributed by atoms with Gasteiger partial charge in [0.25, 0.3) is 5.91 Å². The monoisotopic (exact) mass is 394 g/mol. The first kappa shape index (κ1) is 19.2. The summed E-state index contributed by atoms with van der Waals surface area (Å²) in [6, 6.07) is 7.26. The fraction of sp³-hybridized carbons (Fsp3) is 0.429. The van der Waals surface area contributed by atoms with E-state index >= 15 is 0 Å². The highest BCUT2D eigenvalue weighted by atomic mass is 16.5. The molecule has 1 aliphatic carbocycles. The molecule has 152 valence electrons. The second-order valence-electron chi connectivity index (χ2n) is 7.67. The number of H-pyrrole nitrogens is 1. The number of hydrogen-bond acceptors (Lipinski definition) is 6. The summed E-state index contributed by atoms with van der Waals surface area (Å²) in [5, 5.41) is 3.17. The van der Waals surface area contributed by atoms with Crippen LogP contribution in [0.3, 0.4) is 0 Å². The Balaban J connectivity index is 1.55. The van der Waals surface area contributed by atoms with Crippen LogP contribution in [-0.4, -0.2) is 51.4 Å². The molecule has 4 rings (SSSR count). The molecule has 2 heterocycles. The van der Waals surface area contributed by atoms with E-state index in [0.29, 0.717) is 41.1 Å². The molecule has 1 amide bonds. The van der Waals surface area contributed by atoms with Crippen molar-refractivity contribution in [3.8, 4) is 5.88 Å². The van der Waals surface area contributed by atoms with Crippen molar-refractivity contribution in [2.45, 2.75) is 32.1 Å². The van der Waals surface area contributed by atoms with Crippen molar-refractivity contribution in [2.24, 2.45) is 5.92 Å². The lowest BCUT2D eigenvalue weighted by Crippen LogP contribution is -2.21. The molecular weight excluding hydrogens is 368 g/mol. The predicted octanol–water partition coefficient (Wildman–Crippen LogP) is 3.76. The minimum absolute atomic E-state index is 0.0613. The minimum atomic E-state index is -0.0613. The number of aromatic amines is 1. The van der Waals surface area contributed by atoms with E-state index < -0.39 is 0 Å². The quantitative estimate of drug-likeness (QED) is 0.661. The summed E-state index contributed by atoms with van der Waals surface area (Å²) in [5.74, 6) is 1.40. The van der Waals surface area contributed by atoms with Crippen LogP contribution in [0.4, 0.5) is 11.6 Å². The van der Waals surface area contributed by atoms with E-state index in [1.807, 2.05) is 12.1 Å². The van der Waals surface area contributed by atoms with Gasteiger partial charge in [-0.2, -0.15) is 9.97 Å². The highest BCUT2D eigenvalue weighted by molar-refractivity contribution is 5.95. The second kappa shape index (κ2) is 8.46. The van der Waals surface area contributed by atoms with Gasteiger partial charge in [-0.15, -0.1) is 0 Å². The van der Waals surface area contributed by atoms with Crippen molar-refractivity contribution in [2.75, 3.05) is 26.0 Å². The third kappa shape index (κ3) is 4.47. The van der Waals surface area contributed by atoms with Gasteiger partial charge in [-0.3, -0.25) is 4.79 Å². The van der Waals surface area contributed by atoms with Gasteiger partial charge >= 0.3 is 0 Å². The van der Waals surface area contributed by atoms with Crippen LogP contribution < -0.4 is 10.1 Å². The molecule has 1 aliphatic rings. The van der Waals surface area contributed by atoms with Gasteiger partial charge in [-0.25, -0.2) is 4.98 Å². The zero-order chi connectivity index (χ0) is 20.2. The zero-order valence-corrected chi connectivity index (χ0v) is 16.8. The molecule has 1 saturated carbocycles. The van der Waals surface area contributed by atoms with E-state index in [9.17, 15) is 4.79 Å². The first-order valence-corrected chi connectivity index (χ1v) is 10.0. The molecule has 0 atom stereocenters. The van der Waals surface area contributed by atoms with Crippen molar-refractivity contribution in [3.05, 3.63) is 36.2 Å². The molecule has 0 aliphatic heterocycles. The average molecular weight is 394 g/mol. The van der Waals surface area contributed by atoms with E-state index in [2.05, 4.69) is 25.3 Å². The number of hydrogen-bond donors (Lipinski definition) is 2. The van der Waals surface area contributed by atoms with Crippen LogP contribution in [-0.2, 0) is 0 Å². The molecule has 8 nitrogen and oxygen atoms in total. The minimum Gasteiger partial charge on any atom is -0.476 e. The van der Waals surface area contributed by atoms with Crippen LogP contribution in [0.2, 0.25) is 0 Å². The lowest BCUT2D eigenvalue weighted by atomic mass is 9.90. The number of nitrogens with zero attached hydrogens (tertiary/aromatic N) is 4. The Kier molecular flexibility index (Phi) is 5.59. The average Bonchev–Trinajstić information content (AvgIpc) is 3.21. The Morgan fingerprint density at radius 2 is 2.07 bits per heavy atom. The lowest BCUT2D eigenvalue weighted by Gasteiger charge is -2.21. The normalized spacial score (nSPS) is 14.7. The number of rotatable bonds is 6. The number of nitrogens with one attached hydrogen (secondary N) is 2. The molecule has 0 bridgehead atoms. The summed E-state index contributed by atoms with van der Waals surface area (Å²) >= 11 is 0. The van der Waals surface area contributed by atoms with Crippen LogP contribution in [0.1, 0.15) is 42.5 Å². The van der Waals surface area contributed by atoms with Gasteiger partial charge in [0.05, 0.1) is 12.9 Å². The SMILES string of the molecule is CN(C)C(=O)c1cccc(Nc2nc(OCC3CCCCC3)c3[nH]cnc3n2)c1. The number of fused-ring (bicyclic) bond motifs is 1. The molecule has 0 saturated heterocycles. The number of imidazole rings is 1. The molecule has 29 heavy (non-hydrogen) atoms. The van der Waals surface area contributed by atoms with Gasteiger partial charge in [-0.1, -0.05) is 25.3 Å². The van der Waals surface area contributed by atoms with Gasteiger partial charge in [0.1, 0.15) is 5.52 Å². The zero-order valence-electron chi connectivity index (χ0n) is 16.8. The first-order chi connectivity index (χ1) is 14.1. The standard InChI is InChI=1S/C21H26N6O2/c1-27(2)20(28)15-9-6-10-16(11-15)24-21-25-18-17(22-13-23-18)19(26-21)29-12-14-7-4-3-5-8-14/h6,9-11,13-14H,3-5,7-8,12H2,1-2H3,(H2,22,23,24,25,26). The van der Waals surface area contributed by atoms with Crippen LogP contribution in [0.15, 0.2) is 30.6 Å². The Hall–Kier alpha value is -3.16. The van der Waals surface area contributed by atoms with Gasteiger partial charge < -0.3 is 19.9 Å². The summed E-state index contributed by atoms with van der Waals surface area (Å²) in [6.45, 7) is 0.650. The summed E-state index contributed by atoms with van der Waals surface area (Å²) in [7, 11) is 3.46. The molecule has 3 aromatic rings. The molecule has 2 N–H and O–H groups in total. The molecule has 0 spiro atoms. The third-order valence-corrected chi connectivity index (χ3v) is 5.20. The van der Waals surface area contributed by atoms with Crippen molar-refractivity contribution in [1.29, 1.82) is 0 Å². The molecule has 8 heteroatoms. The molecule has 0 unspecified atom stereocenters. The number of amides is 1. The fourth-order valence-electron chi connectivity index (χ4n) is 3.63. The van der Waals surface area contributed by atoms with Crippen molar-refractivity contribution < 1.29 is 9.53 Å². The van der Waals surface area contributed by atoms with Gasteiger partial charge in [0.2, 0.25) is 11.8 Å². The number of ether oxygens (including phenoxy) is 1. The summed E-state index contributed by atoms with van der Waals surface area (Å²) in [4.78, 5) is 30.1. The second-order valence-corrected chi connectivity index (χ2v) is 7.67. The first-order valence-electron chi connectivity index (χ1n) is 10.0. The summed E-state index contributed by atoms with van der Waals surface area (Å²) in [6.07, 6.45) is 7.85. The van der Waals surface area contributed by atoms with Crippen LogP contribution in [0.5, 0.6) is 5.88 Å². The number of anilines is 2. The number of carbonyl (C=O) groups is 1. The van der Waals surface area contributed by atoms with Gasteiger partial charge in [0.15, 0.2) is 5.65 Å². The number of aromatic nitrogens is 4. The Labute approximate surface area is 169 Å². The van der Waals surface area contributed by atoms with Crippen molar-refractivity contribution >= 4 is 28.7 Å². The van der Waals surface area contributed by atoms with Crippen molar-refractivity contribution in [3.63, 3.8) is 0 Å². The Morgan fingerprint density at radius 1 is 1.24 bits per heavy atom. The van der Waals surface area contributed by atoms with E-state index in [4.69, 9.17) is 4.74 Å². The summed E-state index contributed by atoms with van der Waals surface area (Å²) in [5.41, 5.74) is 2.56. The van der Waals surface area contributed by atoms with Crippen molar-refractivity contribution in [1.82, 2.24) is 24.8 Å². The predicted molar refractivity (Wildman–Crippen MR) is 111 cm³/mol. The van der Waals surface area contributed by atoms with Gasteiger partial charge in [-0.05, 0) is 37.0 Å². The molecule has 0 radical (unpaired) electrons. The fourth-order valence-corrected chi connectivity index (χ4v) is 3.63. The maximum absolute atomic E-state index is 12.2. The molecule has 2 aromatic heterocycles. The molecule has 1 aromatic carbocycles. The number of benzene rings is 1. The van der Waals surface area contributed by atoms with E-state index in [0.717, 1.165) is 5.69 Å². The Bertz CT molecular complexity index is 994. The maximum atomic E-state index is 12.2. The van der Waals surface area contributed by atoms with Crippen LogP contribution in [0, 0.1) is 5.92 Å². The highest BCUT2D eigenvalue weighted by Crippen LogP contribution is 2.27. The maximum Gasteiger partial charge on any atom is 0.253 e. The third-order valence-electron chi connectivity index (χ3n) is 5.20. The number of carbonyl (C=O) groups excluding carboxylic acids is 1. The van der Waals surface area contributed by atoms with E-state index in [-0.39, 0.29) is 5.91 Å². The lowest BCUT2D eigenvalue weighted by molar-refractivity contribution is 0.0827. The highest BCUT2D eigenvalue weighted by Gasteiger charge is 2.17. The molecule has 1 fully saturated rings. The molecular formula is C21H26N6O2. The van der Waals surface area contributed by atoms with E-state index in [1.165, 1.54) is 32.1 Å². The Morgan fingerprint density at radius 3 is 2.86 bits per heavy atom. The topological polar surface area (TPSA) is 96.0 Å². The smallest absolute Gasteiger partial charge is 0.253 e. The summed E-state index contributed by atoms with van der Waals surface area (Å²) < 4.78 is 6.07.